The second-order valence-corrected chi connectivity index (χ2v) is 4.71. The zero-order chi connectivity index (χ0) is 11.8. The molecule has 16 heavy (non-hydrogen) atoms. The van der Waals surface area contributed by atoms with Crippen molar-refractivity contribution >= 4 is 0 Å². The molecule has 0 aromatic rings. The highest BCUT2D eigenvalue weighted by molar-refractivity contribution is 4.70. The first-order chi connectivity index (χ1) is 7.76. The van der Waals surface area contributed by atoms with E-state index in [1.54, 1.807) is 0 Å². The SMILES string of the molecule is CCOC(CN(C)CC1CCCC1)OCC. The van der Waals surface area contributed by atoms with E-state index in [-0.39, 0.29) is 6.29 Å². The fourth-order valence-corrected chi connectivity index (χ4v) is 2.49. The van der Waals surface area contributed by atoms with E-state index in [1.807, 2.05) is 13.8 Å². The van der Waals surface area contributed by atoms with Gasteiger partial charge in [0.05, 0.1) is 0 Å². The minimum atomic E-state index is -0.0543. The topological polar surface area (TPSA) is 21.7 Å². The van der Waals surface area contributed by atoms with E-state index >= 15 is 0 Å². The summed E-state index contributed by atoms with van der Waals surface area (Å²) in [5.41, 5.74) is 0. The fourth-order valence-electron chi connectivity index (χ4n) is 2.49. The molecule has 0 N–H and O–H groups in total. The lowest BCUT2D eigenvalue weighted by atomic mass is 10.1. The van der Waals surface area contributed by atoms with Gasteiger partial charge in [-0.15, -0.1) is 0 Å². The van der Waals surface area contributed by atoms with E-state index in [2.05, 4.69) is 11.9 Å². The van der Waals surface area contributed by atoms with Crippen LogP contribution in [0.4, 0.5) is 0 Å². The molecule has 0 unspecified atom stereocenters. The number of rotatable bonds is 8. The molecule has 1 saturated carbocycles. The van der Waals surface area contributed by atoms with Crippen molar-refractivity contribution in [3.05, 3.63) is 0 Å². The van der Waals surface area contributed by atoms with Crippen LogP contribution in [0.2, 0.25) is 0 Å². The van der Waals surface area contributed by atoms with Crippen LogP contribution in [0.25, 0.3) is 0 Å². The predicted molar refractivity (Wildman–Crippen MR) is 66.5 cm³/mol. The monoisotopic (exact) mass is 229 g/mol. The molecule has 0 amide bonds. The summed E-state index contributed by atoms with van der Waals surface area (Å²) in [4.78, 5) is 2.35. The van der Waals surface area contributed by atoms with Gasteiger partial charge in [-0.2, -0.15) is 0 Å². The van der Waals surface area contributed by atoms with E-state index in [9.17, 15) is 0 Å². The normalized spacial score (nSPS) is 17.8. The molecule has 3 heteroatoms. The second-order valence-electron chi connectivity index (χ2n) is 4.71. The van der Waals surface area contributed by atoms with Gasteiger partial charge in [-0.25, -0.2) is 0 Å². The molecule has 0 bridgehead atoms. The van der Waals surface area contributed by atoms with E-state index in [4.69, 9.17) is 9.47 Å². The summed E-state index contributed by atoms with van der Waals surface area (Å²) in [6.45, 7) is 7.56. The summed E-state index contributed by atoms with van der Waals surface area (Å²) < 4.78 is 11.1. The molecule has 96 valence electrons. The Morgan fingerprint density at radius 1 is 1.12 bits per heavy atom. The third kappa shape index (κ3) is 5.28. The number of hydrogen-bond acceptors (Lipinski definition) is 3. The Morgan fingerprint density at radius 2 is 1.69 bits per heavy atom. The summed E-state index contributed by atoms with van der Waals surface area (Å²) >= 11 is 0. The molecule has 0 spiro atoms. The van der Waals surface area contributed by atoms with E-state index in [0.717, 1.165) is 25.7 Å². The molecule has 0 atom stereocenters. The quantitative estimate of drug-likeness (QED) is 0.597. The van der Waals surface area contributed by atoms with E-state index in [0.29, 0.717) is 0 Å². The fraction of sp³-hybridized carbons (Fsp3) is 1.00. The Kier molecular flexibility index (Phi) is 7.01. The predicted octanol–water partition coefficient (Wildman–Crippen LogP) is 2.51. The summed E-state index contributed by atoms with van der Waals surface area (Å²) in [6.07, 6.45) is 5.58. The Morgan fingerprint density at radius 3 is 2.19 bits per heavy atom. The number of nitrogens with zero attached hydrogens (tertiary/aromatic N) is 1. The van der Waals surface area contributed by atoms with Gasteiger partial charge in [-0.05, 0) is 39.7 Å². The van der Waals surface area contributed by atoms with Crippen LogP contribution >= 0.6 is 0 Å². The standard InChI is InChI=1S/C13H27NO2/c1-4-15-13(16-5-2)11-14(3)10-12-8-6-7-9-12/h12-13H,4-11H2,1-3H3. The van der Waals surface area contributed by atoms with Crippen LogP contribution in [0.1, 0.15) is 39.5 Å². The van der Waals surface area contributed by atoms with Crippen molar-refractivity contribution in [3.63, 3.8) is 0 Å². The third-order valence-electron chi connectivity index (χ3n) is 3.21. The summed E-state index contributed by atoms with van der Waals surface area (Å²) in [5, 5.41) is 0. The molecular formula is C13H27NO2. The van der Waals surface area contributed by atoms with Crippen molar-refractivity contribution in [1.29, 1.82) is 0 Å². The molecule has 1 rings (SSSR count). The lowest BCUT2D eigenvalue weighted by Gasteiger charge is -2.25. The molecule has 0 heterocycles. The minimum absolute atomic E-state index is 0.0543. The van der Waals surface area contributed by atoms with Crippen LogP contribution in [0.15, 0.2) is 0 Å². The van der Waals surface area contributed by atoms with Gasteiger partial charge in [0, 0.05) is 26.3 Å². The van der Waals surface area contributed by atoms with E-state index < -0.39 is 0 Å². The van der Waals surface area contributed by atoms with Crippen molar-refractivity contribution in [3.8, 4) is 0 Å². The van der Waals surface area contributed by atoms with Gasteiger partial charge in [0.15, 0.2) is 6.29 Å². The van der Waals surface area contributed by atoms with Crippen LogP contribution in [0.5, 0.6) is 0 Å². The number of hydrogen-bond donors (Lipinski definition) is 0. The van der Waals surface area contributed by atoms with Crippen LogP contribution in [-0.4, -0.2) is 44.5 Å². The van der Waals surface area contributed by atoms with Crippen molar-refractivity contribution in [2.45, 2.75) is 45.8 Å². The van der Waals surface area contributed by atoms with Gasteiger partial charge in [0.25, 0.3) is 0 Å². The van der Waals surface area contributed by atoms with Crippen LogP contribution in [-0.2, 0) is 9.47 Å². The van der Waals surface area contributed by atoms with Crippen LogP contribution in [0, 0.1) is 5.92 Å². The van der Waals surface area contributed by atoms with Crippen LogP contribution < -0.4 is 0 Å². The highest BCUT2D eigenvalue weighted by Crippen LogP contribution is 2.25. The number of likely N-dealkylation sites (N-methyl/N-ethyl adjacent to an activating group) is 1. The van der Waals surface area contributed by atoms with Crippen molar-refractivity contribution < 1.29 is 9.47 Å². The summed E-state index contributed by atoms with van der Waals surface area (Å²) in [6, 6.07) is 0. The lowest BCUT2D eigenvalue weighted by Crippen LogP contribution is -2.35. The zero-order valence-electron chi connectivity index (χ0n) is 11.1. The van der Waals surface area contributed by atoms with Crippen molar-refractivity contribution in [2.24, 2.45) is 5.92 Å². The van der Waals surface area contributed by atoms with E-state index in [1.165, 1.54) is 32.2 Å². The maximum absolute atomic E-state index is 5.55. The highest BCUT2D eigenvalue weighted by atomic mass is 16.7. The minimum Gasteiger partial charge on any atom is -0.352 e. The van der Waals surface area contributed by atoms with Gasteiger partial charge in [-0.1, -0.05) is 12.8 Å². The van der Waals surface area contributed by atoms with Crippen LogP contribution in [0.3, 0.4) is 0 Å². The summed E-state index contributed by atoms with van der Waals surface area (Å²) in [7, 11) is 2.17. The largest absolute Gasteiger partial charge is 0.352 e. The molecule has 0 saturated heterocycles. The molecule has 0 aromatic carbocycles. The Balaban J connectivity index is 2.20. The van der Waals surface area contributed by atoms with Crippen molar-refractivity contribution in [1.82, 2.24) is 4.90 Å². The van der Waals surface area contributed by atoms with Crippen molar-refractivity contribution in [2.75, 3.05) is 33.4 Å². The Bertz CT molecular complexity index is 163. The maximum atomic E-state index is 5.55. The lowest BCUT2D eigenvalue weighted by molar-refractivity contribution is -0.145. The molecule has 3 nitrogen and oxygen atoms in total. The van der Waals surface area contributed by atoms with Gasteiger partial charge in [0.2, 0.25) is 0 Å². The first-order valence-electron chi connectivity index (χ1n) is 6.68. The average Bonchev–Trinajstić information content (AvgIpc) is 2.71. The molecule has 0 aliphatic heterocycles. The molecular weight excluding hydrogens is 202 g/mol. The first kappa shape index (κ1) is 13.9. The Labute approximate surface area is 100 Å². The molecule has 1 aliphatic rings. The second kappa shape index (κ2) is 8.04. The molecule has 1 aliphatic carbocycles. The molecule has 0 aromatic heterocycles. The first-order valence-corrected chi connectivity index (χ1v) is 6.68. The average molecular weight is 229 g/mol. The van der Waals surface area contributed by atoms with Gasteiger partial charge < -0.3 is 14.4 Å². The van der Waals surface area contributed by atoms with Gasteiger partial charge in [-0.3, -0.25) is 0 Å². The third-order valence-corrected chi connectivity index (χ3v) is 3.21. The Hall–Kier alpha value is -0.120. The van der Waals surface area contributed by atoms with Gasteiger partial charge in [0.1, 0.15) is 0 Å². The van der Waals surface area contributed by atoms with Gasteiger partial charge >= 0.3 is 0 Å². The molecule has 1 fully saturated rings. The zero-order valence-corrected chi connectivity index (χ0v) is 11.1. The number of ether oxygens (including phenoxy) is 2. The molecule has 0 radical (unpaired) electrons. The maximum Gasteiger partial charge on any atom is 0.170 e. The summed E-state index contributed by atoms with van der Waals surface area (Å²) in [5.74, 6) is 0.897. The smallest absolute Gasteiger partial charge is 0.170 e. The highest BCUT2D eigenvalue weighted by Gasteiger charge is 2.18.